The van der Waals surface area contributed by atoms with Gasteiger partial charge in [0.25, 0.3) is 5.56 Å². The van der Waals surface area contributed by atoms with Crippen molar-refractivity contribution in [1.29, 1.82) is 0 Å². The van der Waals surface area contributed by atoms with Crippen LogP contribution in [0.15, 0.2) is 33.9 Å². The molecule has 0 fully saturated rings. The molecule has 0 atom stereocenters. The van der Waals surface area contributed by atoms with Crippen LogP contribution in [-0.4, -0.2) is 25.1 Å². The summed E-state index contributed by atoms with van der Waals surface area (Å²) in [6.45, 7) is 4.39. The van der Waals surface area contributed by atoms with E-state index in [1.54, 1.807) is 11.6 Å². The number of nitrogens with zero attached hydrogens (tertiary/aromatic N) is 3. The van der Waals surface area contributed by atoms with Crippen molar-refractivity contribution in [1.82, 2.24) is 19.1 Å². The van der Waals surface area contributed by atoms with Gasteiger partial charge in [-0.05, 0) is 18.9 Å². The summed E-state index contributed by atoms with van der Waals surface area (Å²) < 4.78 is 8.36. The van der Waals surface area contributed by atoms with Crippen LogP contribution >= 0.6 is 0 Å². The quantitative estimate of drug-likeness (QED) is 0.627. The molecule has 3 aromatic rings. The number of unbranched alkanes of at least 4 members (excludes halogenated alkanes) is 1. The van der Waals surface area contributed by atoms with E-state index >= 15 is 0 Å². The number of H-pyrrole nitrogens is 1. The fourth-order valence-electron chi connectivity index (χ4n) is 3.01. The SMILES string of the molecule is CCCCn1c(=O)[nH]c(=O)c2c1nc(COC(=O)Cc1ccc(C)cc1)n2C. The number of hydrogen-bond acceptors (Lipinski definition) is 5. The standard InChI is InChI=1S/C20H24N4O4/c1-4-5-10-24-18-17(19(26)22-20(24)27)23(3)15(21-18)12-28-16(25)11-14-8-6-13(2)7-9-14/h6-9H,4-5,10-12H2,1-3H3,(H,22,26,27). The van der Waals surface area contributed by atoms with Gasteiger partial charge in [0.1, 0.15) is 12.4 Å². The topological polar surface area (TPSA) is 99.0 Å². The average Bonchev–Trinajstić information content (AvgIpc) is 2.98. The highest BCUT2D eigenvalue weighted by atomic mass is 16.5. The van der Waals surface area contributed by atoms with E-state index in [2.05, 4.69) is 9.97 Å². The number of nitrogens with one attached hydrogen (secondary N) is 1. The molecule has 0 aliphatic rings. The van der Waals surface area contributed by atoms with Crippen LogP contribution in [0, 0.1) is 6.92 Å². The second-order valence-electron chi connectivity index (χ2n) is 6.85. The van der Waals surface area contributed by atoms with Crippen LogP contribution in [0.5, 0.6) is 0 Å². The van der Waals surface area contributed by atoms with Crippen molar-refractivity contribution in [3.63, 3.8) is 0 Å². The predicted octanol–water partition coefficient (Wildman–Crippen LogP) is 1.82. The molecule has 0 saturated carbocycles. The van der Waals surface area contributed by atoms with Crippen LogP contribution in [0.3, 0.4) is 0 Å². The van der Waals surface area contributed by atoms with Crippen LogP contribution in [0.4, 0.5) is 0 Å². The van der Waals surface area contributed by atoms with Gasteiger partial charge in [-0.15, -0.1) is 0 Å². The van der Waals surface area contributed by atoms with Gasteiger partial charge in [0.05, 0.1) is 6.42 Å². The van der Waals surface area contributed by atoms with Crippen molar-refractivity contribution in [2.24, 2.45) is 7.05 Å². The third-order valence-electron chi connectivity index (χ3n) is 4.67. The summed E-state index contributed by atoms with van der Waals surface area (Å²) in [6.07, 6.45) is 1.86. The van der Waals surface area contributed by atoms with E-state index in [-0.39, 0.29) is 19.0 Å². The highest BCUT2D eigenvalue weighted by molar-refractivity contribution is 5.73. The summed E-state index contributed by atoms with van der Waals surface area (Å²) >= 11 is 0. The summed E-state index contributed by atoms with van der Waals surface area (Å²) in [5.41, 5.74) is 1.61. The first-order chi connectivity index (χ1) is 13.4. The maximum atomic E-state index is 12.2. The first-order valence-electron chi connectivity index (χ1n) is 9.30. The zero-order chi connectivity index (χ0) is 20.3. The van der Waals surface area contributed by atoms with Crippen molar-refractivity contribution in [3.05, 3.63) is 62.1 Å². The predicted molar refractivity (Wildman–Crippen MR) is 105 cm³/mol. The monoisotopic (exact) mass is 384 g/mol. The number of benzene rings is 1. The third kappa shape index (κ3) is 4.05. The summed E-state index contributed by atoms with van der Waals surface area (Å²) in [5, 5.41) is 0. The maximum absolute atomic E-state index is 12.2. The van der Waals surface area contributed by atoms with Crippen molar-refractivity contribution >= 4 is 17.1 Å². The molecule has 8 nitrogen and oxygen atoms in total. The Kier molecular flexibility index (Phi) is 5.77. The van der Waals surface area contributed by atoms with Crippen LogP contribution in [0.2, 0.25) is 0 Å². The van der Waals surface area contributed by atoms with E-state index < -0.39 is 11.2 Å². The van der Waals surface area contributed by atoms with E-state index in [0.717, 1.165) is 24.0 Å². The zero-order valence-electron chi connectivity index (χ0n) is 16.3. The Labute approximate surface area is 161 Å². The van der Waals surface area contributed by atoms with Gasteiger partial charge in [-0.25, -0.2) is 9.78 Å². The first-order valence-corrected chi connectivity index (χ1v) is 9.30. The smallest absolute Gasteiger partial charge is 0.330 e. The maximum Gasteiger partial charge on any atom is 0.330 e. The minimum atomic E-state index is -0.500. The van der Waals surface area contributed by atoms with Crippen LogP contribution in [0.25, 0.3) is 11.2 Å². The fraction of sp³-hybridized carbons (Fsp3) is 0.400. The summed E-state index contributed by atoms with van der Waals surface area (Å²) in [4.78, 5) is 43.3. The molecule has 0 bridgehead atoms. The van der Waals surface area contributed by atoms with E-state index in [0.29, 0.717) is 23.5 Å². The van der Waals surface area contributed by atoms with Crippen LogP contribution in [0.1, 0.15) is 36.7 Å². The van der Waals surface area contributed by atoms with Crippen molar-refractivity contribution in [2.45, 2.75) is 46.3 Å². The van der Waals surface area contributed by atoms with Gasteiger partial charge in [0.15, 0.2) is 11.2 Å². The van der Waals surface area contributed by atoms with Gasteiger partial charge in [0.2, 0.25) is 0 Å². The largest absolute Gasteiger partial charge is 0.457 e. The number of esters is 1. The number of fused-ring (bicyclic) bond motifs is 1. The Morgan fingerprint density at radius 1 is 1.21 bits per heavy atom. The van der Waals surface area contributed by atoms with E-state index in [9.17, 15) is 14.4 Å². The molecule has 0 aliphatic heterocycles. The van der Waals surface area contributed by atoms with Crippen LogP contribution < -0.4 is 11.2 Å². The van der Waals surface area contributed by atoms with Crippen molar-refractivity contribution < 1.29 is 9.53 Å². The van der Waals surface area contributed by atoms with E-state index in [4.69, 9.17) is 4.74 Å². The normalized spacial score (nSPS) is 11.1. The Morgan fingerprint density at radius 3 is 2.61 bits per heavy atom. The molecule has 2 aromatic heterocycles. The lowest BCUT2D eigenvalue weighted by Gasteiger charge is -2.05. The molecule has 2 heterocycles. The molecule has 1 aromatic carbocycles. The number of rotatable bonds is 7. The number of carbonyl (C=O) groups excluding carboxylic acids is 1. The molecule has 28 heavy (non-hydrogen) atoms. The van der Waals surface area contributed by atoms with Crippen LogP contribution in [-0.2, 0) is 36.2 Å². The highest BCUT2D eigenvalue weighted by Gasteiger charge is 2.17. The van der Waals surface area contributed by atoms with E-state index in [1.807, 2.05) is 38.1 Å². The minimum absolute atomic E-state index is 0.0721. The number of aromatic amines is 1. The Bertz CT molecular complexity index is 1110. The molecule has 0 unspecified atom stereocenters. The third-order valence-corrected chi connectivity index (χ3v) is 4.67. The van der Waals surface area contributed by atoms with Gasteiger partial charge in [-0.3, -0.25) is 19.1 Å². The van der Waals surface area contributed by atoms with Crippen molar-refractivity contribution in [3.8, 4) is 0 Å². The lowest BCUT2D eigenvalue weighted by Crippen LogP contribution is -2.31. The molecule has 0 saturated heterocycles. The minimum Gasteiger partial charge on any atom is -0.457 e. The second kappa shape index (κ2) is 8.24. The lowest BCUT2D eigenvalue weighted by molar-refractivity contribution is -0.144. The first kappa shape index (κ1) is 19.6. The molecule has 8 heteroatoms. The number of imidazole rings is 1. The van der Waals surface area contributed by atoms with Gasteiger partial charge >= 0.3 is 11.7 Å². The molecule has 1 N–H and O–H groups in total. The molecule has 0 aliphatic carbocycles. The molecular formula is C20H24N4O4. The molecule has 0 amide bonds. The summed E-state index contributed by atoms with van der Waals surface area (Å²) in [6, 6.07) is 7.65. The number of hydrogen-bond donors (Lipinski definition) is 1. The van der Waals surface area contributed by atoms with Gasteiger partial charge < -0.3 is 9.30 Å². The number of aromatic nitrogens is 4. The molecule has 3 rings (SSSR count). The lowest BCUT2D eigenvalue weighted by atomic mass is 10.1. The Balaban J connectivity index is 1.81. The molecular weight excluding hydrogens is 360 g/mol. The van der Waals surface area contributed by atoms with Gasteiger partial charge in [-0.2, -0.15) is 0 Å². The van der Waals surface area contributed by atoms with E-state index in [1.165, 1.54) is 4.57 Å². The average molecular weight is 384 g/mol. The van der Waals surface area contributed by atoms with Crippen molar-refractivity contribution in [2.75, 3.05) is 0 Å². The number of aryl methyl sites for hydroxylation is 3. The Morgan fingerprint density at radius 2 is 1.93 bits per heavy atom. The Hall–Kier alpha value is -3.16. The second-order valence-corrected chi connectivity index (χ2v) is 6.85. The fourth-order valence-corrected chi connectivity index (χ4v) is 3.01. The van der Waals surface area contributed by atoms with Gasteiger partial charge in [-0.1, -0.05) is 43.2 Å². The number of carbonyl (C=O) groups is 1. The summed E-state index contributed by atoms with van der Waals surface area (Å²) in [5.74, 6) is 0.0294. The van der Waals surface area contributed by atoms with Gasteiger partial charge in [0, 0.05) is 13.6 Å². The zero-order valence-corrected chi connectivity index (χ0v) is 16.3. The molecule has 0 spiro atoms. The highest BCUT2D eigenvalue weighted by Crippen LogP contribution is 2.12. The molecule has 148 valence electrons. The number of ether oxygens (including phenoxy) is 1. The molecule has 0 radical (unpaired) electrons. The summed E-state index contributed by atoms with van der Waals surface area (Å²) in [7, 11) is 1.67.